The van der Waals surface area contributed by atoms with Gasteiger partial charge in [-0.05, 0) is 50.1 Å². The molecule has 30 heavy (non-hydrogen) atoms. The van der Waals surface area contributed by atoms with Gasteiger partial charge in [-0.25, -0.2) is 10.4 Å². The van der Waals surface area contributed by atoms with Crippen molar-refractivity contribution >= 4 is 12.1 Å². The number of carbonyl (C=O) groups excluding carboxylic acids is 1. The van der Waals surface area contributed by atoms with Crippen LogP contribution in [0.3, 0.4) is 0 Å². The Morgan fingerprint density at radius 2 is 1.83 bits per heavy atom. The van der Waals surface area contributed by atoms with Crippen LogP contribution in [0.1, 0.15) is 46.9 Å². The first-order valence-electron chi connectivity index (χ1n) is 10.0. The van der Waals surface area contributed by atoms with Gasteiger partial charge in [-0.3, -0.25) is 9.78 Å². The smallest absolute Gasteiger partial charge is 0.291 e. The van der Waals surface area contributed by atoms with Crippen molar-refractivity contribution in [2.45, 2.75) is 33.6 Å². The molecule has 0 atom stereocenters. The lowest BCUT2D eigenvalue weighted by molar-refractivity contribution is 0.0950. The fourth-order valence-electron chi connectivity index (χ4n) is 2.98. The topological polar surface area (TPSA) is 76.5 Å². The van der Waals surface area contributed by atoms with E-state index in [1.165, 1.54) is 6.20 Å². The number of rotatable bonds is 8. The molecule has 1 N–H and O–H groups in total. The monoisotopic (exact) mass is 402 g/mol. The van der Waals surface area contributed by atoms with E-state index in [0.29, 0.717) is 12.3 Å². The van der Waals surface area contributed by atoms with Crippen molar-refractivity contribution < 1.29 is 9.53 Å². The summed E-state index contributed by atoms with van der Waals surface area (Å²) in [5.41, 5.74) is 7.39. The third-order valence-corrected chi connectivity index (χ3v) is 4.41. The van der Waals surface area contributed by atoms with Gasteiger partial charge in [-0.2, -0.15) is 5.10 Å². The van der Waals surface area contributed by atoms with Gasteiger partial charge in [0, 0.05) is 5.56 Å². The predicted molar refractivity (Wildman–Crippen MR) is 119 cm³/mol. The average Bonchev–Trinajstić information content (AvgIpc) is 2.74. The van der Waals surface area contributed by atoms with Gasteiger partial charge in [-0.15, -0.1) is 0 Å². The van der Waals surface area contributed by atoms with E-state index in [4.69, 9.17) is 4.74 Å². The normalized spacial score (nSPS) is 10.9. The number of hydrazone groups is 1. The molecular formula is C24H26N4O2. The summed E-state index contributed by atoms with van der Waals surface area (Å²) < 4.78 is 5.68. The fraction of sp³-hybridized carbons (Fsp3) is 0.250. The van der Waals surface area contributed by atoms with E-state index in [2.05, 4.69) is 33.5 Å². The largest absolute Gasteiger partial charge is 0.494 e. The summed E-state index contributed by atoms with van der Waals surface area (Å²) in [6.07, 6.45) is 6.79. The zero-order valence-corrected chi connectivity index (χ0v) is 17.6. The Morgan fingerprint density at radius 1 is 1.10 bits per heavy atom. The van der Waals surface area contributed by atoms with E-state index in [0.717, 1.165) is 40.8 Å². The van der Waals surface area contributed by atoms with Crippen molar-refractivity contribution in [2.75, 3.05) is 6.61 Å². The molecule has 0 saturated heterocycles. The van der Waals surface area contributed by atoms with E-state index in [9.17, 15) is 4.79 Å². The number of unbranched alkanes of at least 4 members (excludes halogenated alkanes) is 1. The molecule has 1 amide bonds. The average molecular weight is 402 g/mol. The minimum absolute atomic E-state index is 0.202. The van der Waals surface area contributed by atoms with Crippen LogP contribution in [-0.2, 0) is 0 Å². The van der Waals surface area contributed by atoms with Crippen LogP contribution in [0.5, 0.6) is 5.75 Å². The van der Waals surface area contributed by atoms with Crippen LogP contribution in [0.4, 0.5) is 0 Å². The van der Waals surface area contributed by atoms with Crippen LogP contribution in [0.25, 0.3) is 11.3 Å². The summed E-state index contributed by atoms with van der Waals surface area (Å²) in [7, 11) is 0. The minimum Gasteiger partial charge on any atom is -0.494 e. The molecule has 0 aliphatic carbocycles. The lowest BCUT2D eigenvalue weighted by Gasteiger charge is -2.07. The summed E-state index contributed by atoms with van der Waals surface area (Å²) in [6.45, 7) is 6.87. The highest BCUT2D eigenvalue weighted by atomic mass is 16.5. The van der Waals surface area contributed by atoms with E-state index >= 15 is 0 Å². The molecule has 6 nitrogen and oxygen atoms in total. The molecule has 154 valence electrons. The summed E-state index contributed by atoms with van der Waals surface area (Å²) in [6, 6.07) is 13.7. The van der Waals surface area contributed by atoms with Crippen molar-refractivity contribution in [1.29, 1.82) is 0 Å². The Hall–Kier alpha value is -3.54. The van der Waals surface area contributed by atoms with E-state index < -0.39 is 5.91 Å². The van der Waals surface area contributed by atoms with Crippen LogP contribution in [0, 0.1) is 13.8 Å². The van der Waals surface area contributed by atoms with Gasteiger partial charge in [0.15, 0.2) is 0 Å². The zero-order chi connectivity index (χ0) is 21.3. The number of hydrogen-bond donors (Lipinski definition) is 1. The van der Waals surface area contributed by atoms with Gasteiger partial charge >= 0.3 is 0 Å². The molecule has 0 bridgehead atoms. The Labute approximate surface area is 177 Å². The molecule has 3 rings (SSSR count). The molecule has 0 saturated carbocycles. The Kier molecular flexibility index (Phi) is 7.27. The van der Waals surface area contributed by atoms with Crippen LogP contribution in [0.15, 0.2) is 60.0 Å². The predicted octanol–water partition coefficient (Wildman–Crippen LogP) is 4.70. The van der Waals surface area contributed by atoms with Gasteiger partial charge in [0.05, 0.1) is 30.9 Å². The highest BCUT2D eigenvalue weighted by Crippen LogP contribution is 2.20. The third kappa shape index (κ3) is 5.98. The number of aryl methyl sites for hydroxylation is 2. The quantitative estimate of drug-likeness (QED) is 0.336. The summed E-state index contributed by atoms with van der Waals surface area (Å²) in [5, 5.41) is 4.04. The molecule has 1 aromatic heterocycles. The SMILES string of the molecule is CCCCOc1ccc(-c2cncc(C(=O)N/N=C/c3cc(C)cc(C)c3)n2)cc1. The summed E-state index contributed by atoms with van der Waals surface area (Å²) >= 11 is 0. The van der Waals surface area contributed by atoms with E-state index in [1.54, 1.807) is 12.4 Å². The second kappa shape index (κ2) is 10.3. The highest BCUT2D eigenvalue weighted by Gasteiger charge is 2.09. The number of ether oxygens (including phenoxy) is 1. The first-order valence-corrected chi connectivity index (χ1v) is 10.0. The van der Waals surface area contributed by atoms with Gasteiger partial charge in [0.2, 0.25) is 0 Å². The Morgan fingerprint density at radius 3 is 2.53 bits per heavy atom. The highest BCUT2D eigenvalue weighted by molar-refractivity contribution is 5.93. The van der Waals surface area contributed by atoms with Crippen molar-refractivity contribution in [3.63, 3.8) is 0 Å². The maximum absolute atomic E-state index is 12.4. The minimum atomic E-state index is -0.413. The van der Waals surface area contributed by atoms with Crippen LogP contribution >= 0.6 is 0 Å². The number of hydrogen-bond acceptors (Lipinski definition) is 5. The van der Waals surface area contributed by atoms with Crippen LogP contribution in [-0.4, -0.2) is 28.7 Å². The first kappa shape index (κ1) is 21.2. The maximum Gasteiger partial charge on any atom is 0.291 e. The number of amides is 1. The van der Waals surface area contributed by atoms with E-state index in [1.807, 2.05) is 50.2 Å². The van der Waals surface area contributed by atoms with Gasteiger partial charge in [-0.1, -0.05) is 42.7 Å². The second-order valence-electron chi connectivity index (χ2n) is 7.14. The third-order valence-electron chi connectivity index (χ3n) is 4.41. The van der Waals surface area contributed by atoms with E-state index in [-0.39, 0.29) is 5.69 Å². The number of aromatic nitrogens is 2. The molecule has 1 heterocycles. The number of benzene rings is 2. The van der Waals surface area contributed by atoms with Crippen molar-refractivity contribution in [2.24, 2.45) is 5.10 Å². The molecule has 0 spiro atoms. The lowest BCUT2D eigenvalue weighted by Crippen LogP contribution is -2.19. The molecule has 0 fully saturated rings. The first-order chi connectivity index (χ1) is 14.5. The van der Waals surface area contributed by atoms with Crippen molar-refractivity contribution in [3.05, 3.63) is 77.2 Å². The molecule has 0 aliphatic heterocycles. The lowest BCUT2D eigenvalue weighted by atomic mass is 10.1. The Bertz CT molecular complexity index is 1010. The fourth-order valence-corrected chi connectivity index (χ4v) is 2.98. The van der Waals surface area contributed by atoms with Crippen molar-refractivity contribution in [1.82, 2.24) is 15.4 Å². The standard InChI is InChI=1S/C24H26N4O2/c1-4-5-10-30-21-8-6-20(7-9-21)22-15-25-16-23(27-22)24(29)28-26-14-19-12-17(2)11-18(3)13-19/h6-9,11-16H,4-5,10H2,1-3H3,(H,28,29)/b26-14+. The van der Waals surface area contributed by atoms with Gasteiger partial charge in [0.25, 0.3) is 5.91 Å². The molecule has 0 radical (unpaired) electrons. The molecule has 3 aromatic rings. The molecular weight excluding hydrogens is 376 g/mol. The number of nitrogens with one attached hydrogen (secondary N) is 1. The second-order valence-corrected chi connectivity index (χ2v) is 7.14. The van der Waals surface area contributed by atoms with Crippen LogP contribution in [0.2, 0.25) is 0 Å². The van der Waals surface area contributed by atoms with Crippen LogP contribution < -0.4 is 10.2 Å². The molecule has 0 unspecified atom stereocenters. The maximum atomic E-state index is 12.4. The summed E-state index contributed by atoms with van der Waals surface area (Å²) in [5.74, 6) is 0.402. The van der Waals surface area contributed by atoms with Gasteiger partial charge in [0.1, 0.15) is 11.4 Å². The number of nitrogens with zero attached hydrogens (tertiary/aromatic N) is 3. The molecule has 2 aromatic carbocycles. The Balaban J connectivity index is 1.65. The number of carbonyl (C=O) groups is 1. The zero-order valence-electron chi connectivity index (χ0n) is 17.6. The summed E-state index contributed by atoms with van der Waals surface area (Å²) in [4.78, 5) is 21.0. The molecule has 6 heteroatoms. The molecule has 0 aliphatic rings. The van der Waals surface area contributed by atoms with Gasteiger partial charge < -0.3 is 4.74 Å². The van der Waals surface area contributed by atoms with Crippen molar-refractivity contribution in [3.8, 4) is 17.0 Å².